The topological polar surface area (TPSA) is 54.4 Å². The van der Waals surface area contributed by atoms with E-state index in [0.29, 0.717) is 12.8 Å². The minimum atomic E-state index is -0.757. The second-order valence-corrected chi connectivity index (χ2v) is 7.97. The molecule has 1 aromatic rings. The number of carboxylic acids is 1. The number of Topliss-reactive ketones (excluding diaryl/α,β-unsaturated/α-hetero) is 1. The van der Waals surface area contributed by atoms with E-state index < -0.39 is 5.97 Å². The van der Waals surface area contributed by atoms with Gasteiger partial charge in [-0.15, -0.1) is 0 Å². The molecule has 0 radical (unpaired) electrons. The Bertz CT molecular complexity index is 575. The maximum Gasteiger partial charge on any atom is 0.303 e. The number of allylic oxidation sites excluding steroid dienone is 1. The number of thiocarbonyl (C=S) groups is 1. The third-order valence-electron chi connectivity index (χ3n) is 3.53. The standard InChI is InChI=1S/C16H18O3S3/c17-14(18)5-3-1-2-4-12-9-15(20)22-13(16(12)19)8-11-6-7-21-10-11/h6-8,10,12H,1-5,9H2,(H,17,18)/b13-8+. The Kier molecular flexibility index (Phi) is 6.79. The van der Waals surface area contributed by atoms with Crippen LogP contribution in [0.25, 0.3) is 6.08 Å². The number of thiophene rings is 1. The predicted octanol–water partition coefficient (Wildman–Crippen LogP) is 4.77. The van der Waals surface area contributed by atoms with E-state index in [-0.39, 0.29) is 18.1 Å². The van der Waals surface area contributed by atoms with Crippen molar-refractivity contribution in [2.24, 2.45) is 5.92 Å². The highest BCUT2D eigenvalue weighted by Gasteiger charge is 2.29. The number of hydrogen-bond acceptors (Lipinski definition) is 5. The summed E-state index contributed by atoms with van der Waals surface area (Å²) < 4.78 is 0.872. The molecule has 1 unspecified atom stereocenters. The summed E-state index contributed by atoms with van der Waals surface area (Å²) >= 11 is 8.36. The van der Waals surface area contributed by atoms with Gasteiger partial charge in [0, 0.05) is 12.3 Å². The fourth-order valence-electron chi connectivity index (χ4n) is 2.40. The normalized spacial score (nSPS) is 20.5. The molecule has 22 heavy (non-hydrogen) atoms. The third-order valence-corrected chi connectivity index (χ3v) is 5.59. The lowest BCUT2D eigenvalue weighted by molar-refractivity contribution is -0.137. The van der Waals surface area contributed by atoms with Crippen molar-refractivity contribution in [3.05, 3.63) is 27.3 Å². The lowest BCUT2D eigenvalue weighted by Crippen LogP contribution is -2.23. The average Bonchev–Trinajstić information content (AvgIpc) is 2.95. The molecule has 1 aliphatic heterocycles. The van der Waals surface area contributed by atoms with Crippen LogP contribution < -0.4 is 0 Å². The first kappa shape index (κ1) is 17.4. The number of aliphatic carboxylic acids is 1. The fourth-order valence-corrected chi connectivity index (χ4v) is 4.48. The van der Waals surface area contributed by atoms with Crippen LogP contribution in [0.5, 0.6) is 0 Å². The first-order valence-corrected chi connectivity index (χ1v) is 9.43. The molecular weight excluding hydrogens is 336 g/mol. The second kappa shape index (κ2) is 8.60. The van der Waals surface area contributed by atoms with Crippen LogP contribution in [0, 0.1) is 5.92 Å². The quantitative estimate of drug-likeness (QED) is 0.434. The third kappa shape index (κ3) is 5.34. The average molecular weight is 355 g/mol. The van der Waals surface area contributed by atoms with Gasteiger partial charge in [0.05, 0.1) is 9.10 Å². The van der Waals surface area contributed by atoms with Gasteiger partial charge in [-0.3, -0.25) is 9.59 Å². The monoisotopic (exact) mass is 354 g/mol. The van der Waals surface area contributed by atoms with Crippen molar-refractivity contribution in [3.63, 3.8) is 0 Å². The van der Waals surface area contributed by atoms with Gasteiger partial charge in [-0.25, -0.2) is 0 Å². The number of rotatable bonds is 7. The molecule has 1 saturated heterocycles. The summed E-state index contributed by atoms with van der Waals surface area (Å²) in [5, 5.41) is 12.6. The van der Waals surface area contributed by atoms with Crippen molar-refractivity contribution in [2.75, 3.05) is 0 Å². The van der Waals surface area contributed by atoms with Crippen LogP contribution in [0.1, 0.15) is 44.1 Å². The smallest absolute Gasteiger partial charge is 0.303 e. The van der Waals surface area contributed by atoms with E-state index >= 15 is 0 Å². The van der Waals surface area contributed by atoms with E-state index in [4.69, 9.17) is 17.3 Å². The Balaban J connectivity index is 1.90. The predicted molar refractivity (Wildman–Crippen MR) is 96.3 cm³/mol. The van der Waals surface area contributed by atoms with Crippen LogP contribution in [0.15, 0.2) is 21.7 Å². The molecule has 3 nitrogen and oxygen atoms in total. The largest absolute Gasteiger partial charge is 0.481 e. The van der Waals surface area contributed by atoms with Gasteiger partial charge in [-0.2, -0.15) is 11.3 Å². The van der Waals surface area contributed by atoms with Crippen molar-refractivity contribution in [1.29, 1.82) is 0 Å². The number of carbonyl (C=O) groups excluding carboxylic acids is 1. The maximum atomic E-state index is 12.5. The summed E-state index contributed by atoms with van der Waals surface area (Å²) in [5.74, 6) is -0.612. The summed E-state index contributed by atoms with van der Waals surface area (Å²) in [6, 6.07) is 1.99. The summed E-state index contributed by atoms with van der Waals surface area (Å²) in [4.78, 5) is 23.7. The molecule has 1 aromatic heterocycles. The van der Waals surface area contributed by atoms with E-state index in [1.54, 1.807) is 11.3 Å². The van der Waals surface area contributed by atoms with Gasteiger partial charge < -0.3 is 5.11 Å². The molecule has 0 aromatic carbocycles. The van der Waals surface area contributed by atoms with Crippen LogP contribution >= 0.6 is 35.3 Å². The first-order chi connectivity index (χ1) is 10.6. The highest BCUT2D eigenvalue weighted by molar-refractivity contribution is 8.26. The van der Waals surface area contributed by atoms with E-state index in [9.17, 15) is 9.59 Å². The number of carboxylic acid groups (broad SMARTS) is 1. The molecule has 1 fully saturated rings. The summed E-state index contributed by atoms with van der Waals surface area (Å²) in [6.45, 7) is 0. The lowest BCUT2D eigenvalue weighted by atomic mass is 9.92. The lowest BCUT2D eigenvalue weighted by Gasteiger charge is -2.23. The molecule has 0 saturated carbocycles. The SMILES string of the molecule is O=C(O)CCCCCC1CC(=S)S/C(=C/c2ccsc2)C1=O. The van der Waals surface area contributed by atoms with Crippen LogP contribution in [-0.4, -0.2) is 21.1 Å². The molecular formula is C16H18O3S3. The van der Waals surface area contributed by atoms with Crippen molar-refractivity contribution >= 4 is 57.3 Å². The second-order valence-electron chi connectivity index (χ2n) is 5.30. The van der Waals surface area contributed by atoms with Gasteiger partial charge in [-0.05, 0) is 47.7 Å². The van der Waals surface area contributed by atoms with E-state index in [1.807, 2.05) is 22.9 Å². The van der Waals surface area contributed by atoms with Gasteiger partial charge >= 0.3 is 5.97 Å². The molecule has 0 spiro atoms. The highest BCUT2D eigenvalue weighted by Crippen LogP contribution is 2.36. The summed E-state index contributed by atoms with van der Waals surface area (Å²) in [6.07, 6.45) is 5.98. The van der Waals surface area contributed by atoms with Crippen LogP contribution in [-0.2, 0) is 9.59 Å². The number of ketones is 1. The van der Waals surface area contributed by atoms with Crippen molar-refractivity contribution < 1.29 is 14.7 Å². The zero-order valence-corrected chi connectivity index (χ0v) is 14.6. The molecule has 1 atom stereocenters. The molecule has 0 bridgehead atoms. The molecule has 2 heterocycles. The molecule has 0 amide bonds. The molecule has 2 rings (SSSR count). The van der Waals surface area contributed by atoms with Crippen LogP contribution in [0.2, 0.25) is 0 Å². The van der Waals surface area contributed by atoms with Gasteiger partial charge in [0.1, 0.15) is 0 Å². The van der Waals surface area contributed by atoms with E-state index in [0.717, 1.165) is 33.9 Å². The van der Waals surface area contributed by atoms with E-state index in [2.05, 4.69) is 0 Å². The molecule has 1 N–H and O–H groups in total. The summed E-state index contributed by atoms with van der Waals surface area (Å²) in [5.41, 5.74) is 1.05. The summed E-state index contributed by atoms with van der Waals surface area (Å²) in [7, 11) is 0. The minimum Gasteiger partial charge on any atom is -0.481 e. The minimum absolute atomic E-state index is 0.0385. The molecule has 118 valence electrons. The Morgan fingerprint density at radius 1 is 1.41 bits per heavy atom. The van der Waals surface area contributed by atoms with Gasteiger partial charge in [-0.1, -0.05) is 36.8 Å². The number of thioether (sulfide) groups is 1. The van der Waals surface area contributed by atoms with E-state index in [1.165, 1.54) is 11.8 Å². The zero-order chi connectivity index (χ0) is 15.9. The first-order valence-electron chi connectivity index (χ1n) is 7.27. The molecule has 1 aliphatic rings. The molecule has 0 aliphatic carbocycles. The van der Waals surface area contributed by atoms with Crippen molar-refractivity contribution in [3.8, 4) is 0 Å². The van der Waals surface area contributed by atoms with Crippen LogP contribution in [0.4, 0.5) is 0 Å². The Morgan fingerprint density at radius 3 is 2.91 bits per heavy atom. The Labute approximate surface area is 143 Å². The number of carbonyl (C=O) groups is 2. The van der Waals surface area contributed by atoms with Crippen molar-refractivity contribution in [1.82, 2.24) is 0 Å². The number of unbranched alkanes of at least 4 members (excludes halogenated alkanes) is 2. The van der Waals surface area contributed by atoms with Gasteiger partial charge in [0.15, 0.2) is 5.78 Å². The van der Waals surface area contributed by atoms with Gasteiger partial charge in [0.2, 0.25) is 0 Å². The zero-order valence-electron chi connectivity index (χ0n) is 12.1. The Morgan fingerprint density at radius 2 is 2.23 bits per heavy atom. The van der Waals surface area contributed by atoms with Crippen molar-refractivity contribution in [2.45, 2.75) is 38.5 Å². The molecule has 6 heteroatoms. The Hall–Kier alpha value is -0.980. The highest BCUT2D eigenvalue weighted by atomic mass is 32.2. The van der Waals surface area contributed by atoms with Crippen LogP contribution in [0.3, 0.4) is 0 Å². The fraction of sp³-hybridized carbons (Fsp3) is 0.438. The maximum absolute atomic E-state index is 12.5. The van der Waals surface area contributed by atoms with Gasteiger partial charge in [0.25, 0.3) is 0 Å². The number of hydrogen-bond donors (Lipinski definition) is 1.